The molecule has 240 valence electrons. The molecule has 1 rings (SSSR count). The van der Waals surface area contributed by atoms with E-state index in [0.29, 0.717) is 26.1 Å². The van der Waals surface area contributed by atoms with E-state index in [-0.39, 0.29) is 12.4 Å². The smallest absolute Gasteiger partial charge is 0.309 e. The number of rotatable bonds is 27. The quantitative estimate of drug-likeness (QED) is 0.0768. The topological polar surface area (TPSA) is 89.9 Å². The van der Waals surface area contributed by atoms with Crippen LogP contribution >= 0.6 is 0 Å². The molecule has 1 N–H and O–H groups in total. The second-order valence-electron chi connectivity index (χ2n) is 12.5. The lowest BCUT2D eigenvalue weighted by Gasteiger charge is -2.31. The maximum atomic E-state index is 12.7. The van der Waals surface area contributed by atoms with Crippen molar-refractivity contribution in [3.63, 3.8) is 0 Å². The van der Waals surface area contributed by atoms with Gasteiger partial charge >= 0.3 is 17.9 Å². The highest BCUT2D eigenvalue weighted by Gasteiger charge is 2.42. The van der Waals surface area contributed by atoms with E-state index in [4.69, 9.17) is 9.47 Å². The molecular weight excluding hydrogens is 516 g/mol. The van der Waals surface area contributed by atoms with Gasteiger partial charge in [0.25, 0.3) is 0 Å². The summed E-state index contributed by atoms with van der Waals surface area (Å²) in [7, 11) is 0. The monoisotopic (exact) mass is 580 g/mol. The van der Waals surface area contributed by atoms with E-state index in [1.807, 2.05) is 0 Å². The third kappa shape index (κ3) is 19.3. The van der Waals surface area contributed by atoms with E-state index < -0.39 is 29.7 Å². The van der Waals surface area contributed by atoms with E-state index >= 15 is 0 Å². The van der Waals surface area contributed by atoms with Crippen molar-refractivity contribution < 1.29 is 29.0 Å². The molecule has 3 unspecified atom stereocenters. The molecule has 0 radical (unpaired) electrons. The number of aliphatic carboxylic acids is 1. The zero-order valence-corrected chi connectivity index (χ0v) is 26.8. The summed E-state index contributed by atoms with van der Waals surface area (Å²) in [6, 6.07) is 0. The molecule has 1 saturated carbocycles. The highest BCUT2D eigenvalue weighted by Crippen LogP contribution is 2.36. The Labute approximate surface area is 252 Å². The van der Waals surface area contributed by atoms with Crippen molar-refractivity contribution in [3.05, 3.63) is 0 Å². The minimum absolute atomic E-state index is 0.157. The summed E-state index contributed by atoms with van der Waals surface area (Å²) in [6.07, 6.45) is 28.1. The van der Waals surface area contributed by atoms with Crippen molar-refractivity contribution in [2.24, 2.45) is 17.8 Å². The van der Waals surface area contributed by atoms with Gasteiger partial charge in [0.15, 0.2) is 0 Å². The summed E-state index contributed by atoms with van der Waals surface area (Å²) in [6.45, 7) is 5.23. The minimum atomic E-state index is -1.02. The molecule has 0 saturated heterocycles. The Hall–Kier alpha value is -1.59. The van der Waals surface area contributed by atoms with Crippen LogP contribution in [0.25, 0.3) is 0 Å². The van der Waals surface area contributed by atoms with E-state index in [2.05, 4.69) is 13.8 Å². The van der Waals surface area contributed by atoms with E-state index in [1.54, 1.807) is 0 Å². The maximum Gasteiger partial charge on any atom is 0.309 e. The standard InChI is InChI=1S/C35H64O6/c1-3-5-7-9-11-13-15-17-19-21-23-27-40-34(38)30-25-26-31(32(29-30)33(36)37)35(39)41-28-24-22-20-18-16-14-12-10-8-6-4-2/h30-32H,3-29H2,1-2H3,(H,36,37). The van der Waals surface area contributed by atoms with E-state index in [0.717, 1.165) is 32.1 Å². The number of ether oxygens (including phenoxy) is 2. The van der Waals surface area contributed by atoms with Gasteiger partial charge in [0.2, 0.25) is 0 Å². The molecule has 3 atom stereocenters. The third-order valence-electron chi connectivity index (χ3n) is 8.79. The number of hydrogen-bond acceptors (Lipinski definition) is 5. The molecular formula is C35H64O6. The van der Waals surface area contributed by atoms with Crippen LogP contribution in [-0.4, -0.2) is 36.2 Å². The molecule has 0 spiro atoms. The zero-order valence-electron chi connectivity index (χ0n) is 26.8. The number of carboxylic acid groups (broad SMARTS) is 1. The van der Waals surface area contributed by atoms with Crippen molar-refractivity contribution in [1.29, 1.82) is 0 Å². The first kappa shape index (κ1) is 37.4. The lowest BCUT2D eigenvalue weighted by Crippen LogP contribution is -2.39. The number of carbonyl (C=O) groups excluding carboxylic acids is 2. The second-order valence-corrected chi connectivity index (χ2v) is 12.5. The van der Waals surface area contributed by atoms with Crippen LogP contribution in [0, 0.1) is 17.8 Å². The fourth-order valence-corrected chi connectivity index (χ4v) is 6.04. The van der Waals surface area contributed by atoms with Crippen molar-refractivity contribution >= 4 is 17.9 Å². The summed E-state index contributed by atoms with van der Waals surface area (Å²) in [5.41, 5.74) is 0. The molecule has 0 heterocycles. The first-order valence-corrected chi connectivity index (χ1v) is 17.6. The summed E-state index contributed by atoms with van der Waals surface area (Å²) in [4.78, 5) is 37.2. The lowest BCUT2D eigenvalue weighted by atomic mass is 9.74. The van der Waals surface area contributed by atoms with Crippen LogP contribution in [0.15, 0.2) is 0 Å². The Morgan fingerprint density at radius 3 is 1.27 bits per heavy atom. The van der Waals surface area contributed by atoms with Crippen LogP contribution in [0.3, 0.4) is 0 Å². The third-order valence-corrected chi connectivity index (χ3v) is 8.79. The average molecular weight is 581 g/mol. The Kier molecular flexibility index (Phi) is 23.8. The van der Waals surface area contributed by atoms with Gasteiger partial charge in [0.05, 0.1) is 31.0 Å². The van der Waals surface area contributed by atoms with Gasteiger partial charge in [-0.2, -0.15) is 0 Å². The van der Waals surface area contributed by atoms with Gasteiger partial charge < -0.3 is 14.6 Å². The maximum absolute atomic E-state index is 12.7. The number of hydrogen-bond donors (Lipinski definition) is 1. The van der Waals surface area contributed by atoms with Crippen LogP contribution in [0.2, 0.25) is 0 Å². The van der Waals surface area contributed by atoms with Gasteiger partial charge in [-0.15, -0.1) is 0 Å². The Morgan fingerprint density at radius 1 is 0.512 bits per heavy atom. The number of unbranched alkanes of at least 4 members (excludes halogenated alkanes) is 20. The van der Waals surface area contributed by atoms with Gasteiger partial charge in [-0.3, -0.25) is 14.4 Å². The van der Waals surface area contributed by atoms with Crippen LogP contribution in [-0.2, 0) is 23.9 Å². The summed E-state index contributed by atoms with van der Waals surface area (Å²) >= 11 is 0. The summed E-state index contributed by atoms with van der Waals surface area (Å²) in [5.74, 6) is -3.75. The minimum Gasteiger partial charge on any atom is -0.481 e. The lowest BCUT2D eigenvalue weighted by molar-refractivity contribution is -0.164. The molecule has 0 aromatic rings. The van der Waals surface area contributed by atoms with Gasteiger partial charge in [-0.25, -0.2) is 0 Å². The average Bonchev–Trinajstić information content (AvgIpc) is 2.97. The van der Waals surface area contributed by atoms with Crippen LogP contribution < -0.4 is 0 Å². The highest BCUT2D eigenvalue weighted by atomic mass is 16.5. The molecule has 1 fully saturated rings. The molecule has 0 amide bonds. The van der Waals surface area contributed by atoms with Crippen molar-refractivity contribution in [2.45, 2.75) is 174 Å². The first-order chi connectivity index (χ1) is 20.0. The predicted octanol–water partition coefficient (Wildman–Crippen LogP) is 9.81. The zero-order chi connectivity index (χ0) is 30.0. The molecule has 41 heavy (non-hydrogen) atoms. The molecule has 0 aromatic heterocycles. The van der Waals surface area contributed by atoms with Gasteiger partial charge in [0.1, 0.15) is 0 Å². The van der Waals surface area contributed by atoms with Crippen LogP contribution in [0.1, 0.15) is 174 Å². The second kappa shape index (κ2) is 26.1. The Bertz CT molecular complexity index is 663. The van der Waals surface area contributed by atoms with E-state index in [9.17, 15) is 19.5 Å². The fourth-order valence-electron chi connectivity index (χ4n) is 6.04. The van der Waals surface area contributed by atoms with Gasteiger partial charge in [-0.05, 0) is 32.1 Å². The predicted molar refractivity (Wildman–Crippen MR) is 167 cm³/mol. The molecule has 1 aliphatic rings. The normalized spacial score (nSPS) is 18.7. The van der Waals surface area contributed by atoms with Crippen LogP contribution in [0.4, 0.5) is 0 Å². The summed E-state index contributed by atoms with van der Waals surface area (Å²) in [5, 5.41) is 9.76. The fraction of sp³-hybridized carbons (Fsp3) is 0.914. The molecule has 1 aliphatic carbocycles. The van der Waals surface area contributed by atoms with Crippen LogP contribution in [0.5, 0.6) is 0 Å². The Morgan fingerprint density at radius 2 is 0.878 bits per heavy atom. The SMILES string of the molecule is CCCCCCCCCCCCCOC(=O)C1CCC(C(=O)OCCCCCCCCCCCCC)C(C(=O)O)C1. The molecule has 6 nitrogen and oxygen atoms in total. The Balaban J connectivity index is 2.13. The number of carboxylic acids is 1. The van der Waals surface area contributed by atoms with E-state index in [1.165, 1.54) is 109 Å². The molecule has 0 aliphatic heterocycles. The van der Waals surface area contributed by atoms with Crippen molar-refractivity contribution in [3.8, 4) is 0 Å². The highest BCUT2D eigenvalue weighted by molar-refractivity contribution is 5.83. The number of esters is 2. The van der Waals surface area contributed by atoms with Gasteiger partial charge in [-0.1, -0.05) is 142 Å². The number of carbonyl (C=O) groups is 3. The summed E-state index contributed by atoms with van der Waals surface area (Å²) < 4.78 is 11.0. The first-order valence-electron chi connectivity index (χ1n) is 17.6. The largest absolute Gasteiger partial charge is 0.481 e. The molecule has 0 bridgehead atoms. The van der Waals surface area contributed by atoms with Gasteiger partial charge in [0, 0.05) is 0 Å². The van der Waals surface area contributed by atoms with Crippen molar-refractivity contribution in [2.75, 3.05) is 13.2 Å². The van der Waals surface area contributed by atoms with Crippen molar-refractivity contribution in [1.82, 2.24) is 0 Å². The molecule has 6 heteroatoms. The molecule has 0 aromatic carbocycles.